The van der Waals surface area contributed by atoms with Crippen molar-refractivity contribution in [1.82, 2.24) is 194 Å². The first kappa shape index (κ1) is 98.6. The zero-order valence-electron chi connectivity index (χ0n) is 81.7. The molecule has 0 bridgehead atoms. The molecule has 1 saturated heterocycles. The van der Waals surface area contributed by atoms with Crippen LogP contribution < -0.4 is 31.9 Å². The lowest BCUT2D eigenvalue weighted by molar-refractivity contribution is 0.148. The van der Waals surface area contributed by atoms with Gasteiger partial charge in [-0.2, -0.15) is 75.8 Å². The number of halogens is 6. The fourth-order valence-electron chi connectivity index (χ4n) is 16.5. The topological polar surface area (TPSA) is 512 Å². The Balaban J connectivity index is 0.000000108. The highest BCUT2D eigenvalue weighted by molar-refractivity contribution is 6.41. The van der Waals surface area contributed by atoms with Gasteiger partial charge in [0.05, 0.1) is 152 Å². The highest BCUT2D eigenvalue weighted by atomic mass is 35.5. The highest BCUT2D eigenvalue weighted by Gasteiger charge is 2.25. The molecule has 17 heterocycles. The van der Waals surface area contributed by atoms with Gasteiger partial charge >= 0.3 is 0 Å². The van der Waals surface area contributed by atoms with Crippen LogP contribution in [0.15, 0.2) is 189 Å². The van der Waals surface area contributed by atoms with Crippen molar-refractivity contribution in [2.75, 3.05) is 65.1 Å². The Morgan fingerprint density at radius 3 is 1.03 bits per heavy atom. The third kappa shape index (κ3) is 21.4. The Morgan fingerprint density at radius 1 is 0.338 bits per heavy atom. The van der Waals surface area contributed by atoms with Gasteiger partial charge in [0, 0.05) is 156 Å². The van der Waals surface area contributed by atoms with E-state index in [2.05, 4.69) is 240 Å². The monoisotopic (exact) mass is 2100 g/mol. The maximum atomic E-state index is 6.53. The van der Waals surface area contributed by atoms with Crippen molar-refractivity contribution in [1.29, 1.82) is 0 Å². The number of likely N-dealkylation sites (N-methyl/N-ethyl adjacent to an activating group) is 1. The van der Waals surface area contributed by atoms with E-state index in [0.29, 0.717) is 94.9 Å². The fraction of sp³-hybridized carbons (Fsp3) is 0.216. The van der Waals surface area contributed by atoms with Crippen LogP contribution in [-0.2, 0) is 55.9 Å². The van der Waals surface area contributed by atoms with Gasteiger partial charge in [-0.3, -0.25) is 54.9 Å². The van der Waals surface area contributed by atoms with Crippen LogP contribution >= 0.6 is 69.6 Å². The average molecular weight is 2110 g/mol. The lowest BCUT2D eigenvalue weighted by Crippen LogP contribution is -2.43. The van der Waals surface area contributed by atoms with Gasteiger partial charge in [-0.25, -0.2) is 28.1 Å². The van der Waals surface area contributed by atoms with Crippen LogP contribution in [0.1, 0.15) is 61.9 Å². The van der Waals surface area contributed by atoms with Gasteiger partial charge in [-0.15, -0.1) is 30.6 Å². The number of pyridine rings is 1. The Labute approximate surface area is 872 Å². The summed E-state index contributed by atoms with van der Waals surface area (Å²) >= 11 is 38.7. The Morgan fingerprint density at radius 2 is 0.689 bits per heavy atom. The molecule has 7 aromatic carbocycles. The van der Waals surface area contributed by atoms with E-state index >= 15 is 0 Å². The molecule has 25 rings (SSSR count). The van der Waals surface area contributed by atoms with Crippen LogP contribution in [0.2, 0.25) is 30.1 Å². The molecule has 13 N–H and O–H groups in total. The minimum absolute atomic E-state index is 0.225. The molecule has 16 aromatic heterocycles. The summed E-state index contributed by atoms with van der Waals surface area (Å²) in [6.07, 6.45) is 22.7. The highest BCUT2D eigenvalue weighted by Crippen LogP contribution is 2.41. The second kappa shape index (κ2) is 42.8. The molecule has 1 aliphatic heterocycles. The Kier molecular flexibility index (Phi) is 28.5. The number of H-pyrrole nitrogens is 7. The molecule has 51 heteroatoms. The SMILES string of the molecule is CC(C)n1nccc1-c1nc(Nc2ccc3[nH]ncc3c2Cl)n(C)n1.CN1CCN(Cc2ccc(-c3nc(Nc4ccc5[nH]ncc5c4Cl)n(C)n3)cc2)CC1.Cc1cc(-c2nc(Nc3ccc4[nH]ncc4c3Cl)n(C)n2)n(C)n1.Cc1ccc(-c2nc(Nc3ccc4[nH]ncc4c3Cl)n(C)n2)cn1.Cn1nc(-c2cn[nH]c2)nc1Nc1ccc2[nH]ncc2c1Cl.Cn1nc(C2=CCCC2)nc1Nc1ccc2[nH]ncc2c1Cl. The lowest BCUT2D eigenvalue weighted by Gasteiger charge is -2.32. The summed E-state index contributed by atoms with van der Waals surface area (Å²) < 4.78 is 13.8. The van der Waals surface area contributed by atoms with Crippen molar-refractivity contribution < 1.29 is 0 Å². The minimum Gasteiger partial charge on any atom is -0.323 e. The van der Waals surface area contributed by atoms with E-state index in [4.69, 9.17) is 69.6 Å². The van der Waals surface area contributed by atoms with Gasteiger partial charge in [0.15, 0.2) is 23.3 Å². The van der Waals surface area contributed by atoms with E-state index < -0.39 is 0 Å². The van der Waals surface area contributed by atoms with E-state index in [9.17, 15) is 0 Å². The summed E-state index contributed by atoms with van der Waals surface area (Å²) in [6.45, 7) is 13.5. The molecule has 148 heavy (non-hydrogen) atoms. The second-order valence-electron chi connectivity index (χ2n) is 35.2. The van der Waals surface area contributed by atoms with Crippen LogP contribution in [0.4, 0.5) is 69.8 Å². The van der Waals surface area contributed by atoms with Crippen LogP contribution in [0.25, 0.3) is 128 Å². The molecular formula is C97H97Cl6N45. The molecule has 0 spiro atoms. The summed E-state index contributed by atoms with van der Waals surface area (Å²) in [5.74, 6) is 7.53. The Hall–Kier alpha value is -16.8. The maximum Gasteiger partial charge on any atom is 0.226 e. The molecule has 1 fully saturated rings. The first-order valence-electron chi connectivity index (χ1n) is 46.6. The van der Waals surface area contributed by atoms with E-state index in [1.54, 1.807) is 94.7 Å². The molecule has 0 amide bonds. The normalized spacial score (nSPS) is 12.7. The smallest absolute Gasteiger partial charge is 0.226 e. The molecule has 23 aromatic rings. The molecule has 45 nitrogen and oxygen atoms in total. The first-order chi connectivity index (χ1) is 71.7. The number of rotatable bonds is 21. The number of allylic oxidation sites excluding steroid dienone is 2. The van der Waals surface area contributed by atoms with Gasteiger partial charge in [0.1, 0.15) is 11.4 Å². The van der Waals surface area contributed by atoms with Crippen molar-refractivity contribution in [3.8, 4) is 57.2 Å². The number of hydrogen-bond acceptors (Lipinski definition) is 30. The third-order valence-corrected chi connectivity index (χ3v) is 26.9. The summed E-state index contributed by atoms with van der Waals surface area (Å²) in [5, 5.41) is 112. The molecule has 0 unspecified atom stereocenters. The zero-order valence-corrected chi connectivity index (χ0v) is 86.2. The van der Waals surface area contributed by atoms with E-state index in [1.807, 2.05) is 165 Å². The van der Waals surface area contributed by atoms with Crippen LogP contribution in [-0.4, -0.2) is 228 Å². The fourth-order valence-corrected chi connectivity index (χ4v) is 18.0. The lowest BCUT2D eigenvalue weighted by atomic mass is 10.1. The third-order valence-electron chi connectivity index (χ3n) is 24.5. The van der Waals surface area contributed by atoms with Crippen molar-refractivity contribution in [3.05, 3.63) is 242 Å². The van der Waals surface area contributed by atoms with Crippen molar-refractivity contribution in [3.63, 3.8) is 0 Å². The minimum atomic E-state index is 0.225. The number of benzene rings is 7. The molecule has 1 aliphatic carbocycles. The summed E-state index contributed by atoms with van der Waals surface area (Å²) in [5.41, 5.74) is 18.7. The summed E-state index contributed by atoms with van der Waals surface area (Å²) in [6, 6.07) is 39.3. The summed E-state index contributed by atoms with van der Waals surface area (Å²) in [7, 11) is 15.1. The number of hydrogen-bond donors (Lipinski definition) is 13. The van der Waals surface area contributed by atoms with Crippen LogP contribution in [0, 0.1) is 13.8 Å². The van der Waals surface area contributed by atoms with Gasteiger partial charge in [0.25, 0.3) is 0 Å². The van der Waals surface area contributed by atoms with Crippen LogP contribution in [0.3, 0.4) is 0 Å². The second-order valence-corrected chi connectivity index (χ2v) is 37.5. The number of aromatic nitrogens is 37. The Bertz CT molecular complexity index is 8670. The van der Waals surface area contributed by atoms with Crippen molar-refractivity contribution in [2.45, 2.75) is 59.5 Å². The largest absolute Gasteiger partial charge is 0.323 e. The molecule has 2 aliphatic rings. The predicted molar refractivity (Wildman–Crippen MR) is 576 cm³/mol. The van der Waals surface area contributed by atoms with Gasteiger partial charge in [-0.1, -0.05) is 99.9 Å². The number of nitrogens with zero attached hydrogens (tertiary/aromatic N) is 32. The molecule has 0 radical (unpaired) electrons. The van der Waals surface area contributed by atoms with Gasteiger partial charge in [-0.05, 0) is 162 Å². The number of nitrogens with one attached hydrogen (secondary N) is 13. The van der Waals surface area contributed by atoms with Gasteiger partial charge in [0.2, 0.25) is 47.3 Å². The molecule has 0 saturated carbocycles. The first-order valence-corrected chi connectivity index (χ1v) is 48.9. The molecular weight excluding hydrogens is 2010 g/mol. The van der Waals surface area contributed by atoms with Crippen molar-refractivity contribution in [2.24, 2.45) is 49.3 Å². The molecule has 752 valence electrons. The summed E-state index contributed by atoms with van der Waals surface area (Å²) in [4.78, 5) is 36.6. The van der Waals surface area contributed by atoms with E-state index in [1.165, 1.54) is 17.6 Å². The predicted octanol–water partition coefficient (Wildman–Crippen LogP) is 19.4. The van der Waals surface area contributed by atoms with Crippen molar-refractivity contribution >= 4 is 210 Å². The standard InChI is InChI=1S/C22H25ClN8.C16H17ClN8.C16H14ClN7.C15H15ClN8.C15H15ClN6.C13H11ClN8/c1-29-9-11-31(12-10-29)14-15-3-5-16(6-4-15)21-26-22(30(2)28-21)25-19-8-7-18-17(20(19)23)13-24-27-18;1-9(2)25-13(6-7-19-25)15-21-16(24(3)23-15)20-12-5-4-11-10(14(12)17)8-18-22-11;1-9-3-4-10(7-18-9)15-21-16(24(2)23-15)20-13-6-5-12-11(14(13)17)8-19-22-12;1-8-6-12(23(2)21-8)14-19-15(24(3)22-14)18-11-5-4-10-9(13(11)16)7-17-20-10;1-22-15(19-14(21-22)9-4-2-3-5-9)18-12-7-6-11-10(13(12)16)8-17-20-11;1-22-13(19-12(21-22)7-4-15-16-5-7)18-10-3-2-9-8(11(10)14)6-17-20-9/h3-8,13H,9-12,14H2,1-2H3,(H,24,27)(H,25,26,28);4-9H,1-3H3,(H,18,22)(H,20,21,23);3-8H,1-2H3,(H,19,22)(H,20,21,23);4-7H,1-3H3,(H,17,20)(H,18,19,22);4,6-8H,2-3,5H2,1H3,(H,17,20)(H,18,19,21);2-6H,1H3,(H,15,16)(H,17,20)(H,18,19,21). The van der Waals surface area contributed by atoms with Crippen LogP contribution in [0.5, 0.6) is 0 Å². The van der Waals surface area contributed by atoms with E-state index in [0.717, 1.165) is 190 Å². The maximum absolute atomic E-state index is 6.53. The number of aryl methyl sites for hydroxylation is 9. The zero-order chi connectivity index (χ0) is 103. The van der Waals surface area contributed by atoms with E-state index in [-0.39, 0.29) is 6.04 Å². The number of fused-ring (bicyclic) bond motifs is 6. The number of anilines is 12. The number of aromatic amines is 7. The quantitative estimate of drug-likeness (QED) is 0.0318. The van der Waals surface area contributed by atoms with Gasteiger partial charge < -0.3 is 36.8 Å². The average Bonchev–Trinajstić information content (AvgIpc) is 1.64. The molecule has 0 atom stereocenters. The number of piperazine rings is 1.